The number of rotatable bonds is 2. The lowest BCUT2D eigenvalue weighted by atomic mass is 9.96. The third-order valence-electron chi connectivity index (χ3n) is 4.08. The number of amides is 1. The molecule has 0 radical (unpaired) electrons. The third kappa shape index (κ3) is 2.82. The van der Waals surface area contributed by atoms with E-state index in [9.17, 15) is 18.0 Å². The number of pyridine rings is 1. The van der Waals surface area contributed by atoms with Gasteiger partial charge in [-0.25, -0.2) is 18.2 Å². The normalized spacial score (nSPS) is 22.0. The molecule has 7 heteroatoms. The Morgan fingerprint density at radius 3 is 2.57 bits per heavy atom. The highest BCUT2D eigenvalue weighted by molar-refractivity contribution is 5.82. The zero-order valence-electron chi connectivity index (χ0n) is 11.4. The molecule has 3 heterocycles. The number of alkyl halides is 2. The van der Waals surface area contributed by atoms with E-state index >= 15 is 0 Å². The summed E-state index contributed by atoms with van der Waals surface area (Å²) in [7, 11) is 0. The fraction of sp³-hybridized carbons (Fsp3) is 0.571. The van der Waals surface area contributed by atoms with Crippen LogP contribution in [0.5, 0.6) is 0 Å². The van der Waals surface area contributed by atoms with Crippen molar-refractivity contribution < 1.29 is 18.0 Å². The van der Waals surface area contributed by atoms with E-state index in [0.717, 1.165) is 0 Å². The summed E-state index contributed by atoms with van der Waals surface area (Å²) in [5.74, 6) is -3.19. The molecule has 0 bridgehead atoms. The van der Waals surface area contributed by atoms with Gasteiger partial charge in [0.05, 0.1) is 5.92 Å². The Bertz CT molecular complexity index is 536. The summed E-state index contributed by atoms with van der Waals surface area (Å²) in [5.41, 5.74) is 0. The predicted octanol–water partition coefficient (Wildman–Crippen LogP) is 1.91. The van der Waals surface area contributed by atoms with E-state index in [2.05, 4.69) is 4.98 Å². The molecule has 3 rings (SSSR count). The summed E-state index contributed by atoms with van der Waals surface area (Å²) in [5, 5.41) is 0. The van der Waals surface area contributed by atoms with Crippen molar-refractivity contribution in [1.82, 2.24) is 9.88 Å². The number of nitrogens with zero attached hydrogens (tertiary/aromatic N) is 3. The van der Waals surface area contributed by atoms with Gasteiger partial charge in [-0.2, -0.15) is 0 Å². The second kappa shape index (κ2) is 5.20. The van der Waals surface area contributed by atoms with Crippen LogP contribution in [0.25, 0.3) is 0 Å². The Morgan fingerprint density at radius 2 is 1.95 bits per heavy atom. The average molecular weight is 299 g/mol. The van der Waals surface area contributed by atoms with E-state index < -0.39 is 11.7 Å². The van der Waals surface area contributed by atoms with Gasteiger partial charge in [-0.1, -0.05) is 0 Å². The van der Waals surface area contributed by atoms with Gasteiger partial charge in [0.2, 0.25) is 5.91 Å². The van der Waals surface area contributed by atoms with Gasteiger partial charge >= 0.3 is 0 Å². The minimum Gasteiger partial charge on any atom is -0.352 e. The molecular weight excluding hydrogens is 283 g/mol. The highest BCUT2D eigenvalue weighted by Crippen LogP contribution is 2.31. The lowest BCUT2D eigenvalue weighted by Gasteiger charge is -2.42. The molecule has 2 fully saturated rings. The number of likely N-dealkylation sites (tertiary alicyclic amines) is 1. The van der Waals surface area contributed by atoms with Gasteiger partial charge in [-0.15, -0.1) is 0 Å². The fourth-order valence-electron chi connectivity index (χ4n) is 2.73. The van der Waals surface area contributed by atoms with Gasteiger partial charge in [0.15, 0.2) is 11.6 Å². The van der Waals surface area contributed by atoms with E-state index in [-0.39, 0.29) is 43.6 Å². The molecule has 2 aliphatic rings. The minimum absolute atomic E-state index is 0.0975. The van der Waals surface area contributed by atoms with Crippen molar-refractivity contribution >= 4 is 11.7 Å². The molecule has 0 aliphatic carbocycles. The first-order valence-electron chi connectivity index (χ1n) is 6.98. The largest absolute Gasteiger partial charge is 0.352 e. The minimum atomic E-state index is -2.65. The monoisotopic (exact) mass is 299 g/mol. The number of halogens is 3. The number of carbonyl (C=O) groups excluding carboxylic acids is 1. The van der Waals surface area contributed by atoms with Crippen LogP contribution >= 0.6 is 0 Å². The van der Waals surface area contributed by atoms with Crippen molar-refractivity contribution in [2.24, 2.45) is 5.92 Å². The molecule has 2 aliphatic heterocycles. The molecule has 0 saturated carbocycles. The summed E-state index contributed by atoms with van der Waals surface area (Å²) < 4.78 is 39.7. The summed E-state index contributed by atoms with van der Waals surface area (Å²) in [4.78, 5) is 19.3. The quantitative estimate of drug-likeness (QED) is 0.837. The Kier molecular flexibility index (Phi) is 3.51. The maximum atomic E-state index is 13.5. The standard InChI is InChI=1S/C14H16F3N3O/c15-11-2-1-5-18-12(11)20-8-10(9-20)13(21)19-6-3-14(16,17)4-7-19/h1-2,5,10H,3-4,6-9H2. The molecule has 1 amide bonds. The summed E-state index contributed by atoms with van der Waals surface area (Å²) in [6.45, 7) is 0.972. The number of aromatic nitrogens is 1. The van der Waals surface area contributed by atoms with E-state index in [0.29, 0.717) is 13.1 Å². The van der Waals surface area contributed by atoms with Gasteiger partial charge in [0.25, 0.3) is 5.92 Å². The molecule has 0 N–H and O–H groups in total. The Balaban J connectivity index is 1.55. The van der Waals surface area contributed by atoms with Gasteiger partial charge in [-0.3, -0.25) is 4.79 Å². The van der Waals surface area contributed by atoms with Crippen molar-refractivity contribution in [3.05, 3.63) is 24.1 Å². The first-order valence-corrected chi connectivity index (χ1v) is 6.98. The summed E-state index contributed by atoms with van der Waals surface area (Å²) in [6.07, 6.45) is 0.953. The smallest absolute Gasteiger partial charge is 0.251 e. The molecule has 2 saturated heterocycles. The van der Waals surface area contributed by atoms with Crippen LogP contribution < -0.4 is 4.90 Å². The molecule has 1 aromatic heterocycles. The van der Waals surface area contributed by atoms with Crippen LogP contribution in [0, 0.1) is 11.7 Å². The molecule has 0 unspecified atom stereocenters. The lowest BCUT2D eigenvalue weighted by molar-refractivity contribution is -0.142. The molecule has 0 spiro atoms. The van der Waals surface area contributed by atoms with Crippen LogP contribution in [-0.2, 0) is 4.79 Å². The third-order valence-corrected chi connectivity index (χ3v) is 4.08. The van der Waals surface area contributed by atoms with E-state index in [1.807, 2.05) is 0 Å². The van der Waals surface area contributed by atoms with Gasteiger partial charge in [-0.05, 0) is 12.1 Å². The van der Waals surface area contributed by atoms with Crippen molar-refractivity contribution in [2.75, 3.05) is 31.1 Å². The fourth-order valence-corrected chi connectivity index (χ4v) is 2.73. The number of carbonyl (C=O) groups is 1. The molecule has 1 aromatic rings. The Hall–Kier alpha value is -1.79. The SMILES string of the molecule is O=C(C1CN(c2ncccc2F)C1)N1CCC(F)(F)CC1. The second-order valence-corrected chi connectivity index (χ2v) is 5.59. The van der Waals surface area contributed by atoms with Crippen molar-refractivity contribution in [3.8, 4) is 0 Å². The van der Waals surface area contributed by atoms with Crippen molar-refractivity contribution in [3.63, 3.8) is 0 Å². The zero-order valence-corrected chi connectivity index (χ0v) is 11.4. The molecule has 0 aromatic carbocycles. The first kappa shape index (κ1) is 14.2. The van der Waals surface area contributed by atoms with Crippen LogP contribution in [0.15, 0.2) is 18.3 Å². The molecular formula is C14H16F3N3O. The summed E-state index contributed by atoms with van der Waals surface area (Å²) in [6, 6.07) is 2.83. The zero-order chi connectivity index (χ0) is 15.0. The van der Waals surface area contributed by atoms with Gasteiger partial charge in [0, 0.05) is 45.2 Å². The van der Waals surface area contributed by atoms with Crippen LogP contribution in [0.2, 0.25) is 0 Å². The van der Waals surface area contributed by atoms with Crippen LogP contribution in [0.4, 0.5) is 19.0 Å². The van der Waals surface area contributed by atoms with Crippen LogP contribution in [-0.4, -0.2) is 47.9 Å². The second-order valence-electron chi connectivity index (χ2n) is 5.59. The van der Waals surface area contributed by atoms with Crippen LogP contribution in [0.3, 0.4) is 0 Å². The first-order chi connectivity index (χ1) is 9.96. The number of hydrogen-bond donors (Lipinski definition) is 0. The van der Waals surface area contributed by atoms with Crippen LogP contribution in [0.1, 0.15) is 12.8 Å². The average Bonchev–Trinajstić information content (AvgIpc) is 2.39. The predicted molar refractivity (Wildman–Crippen MR) is 70.7 cm³/mol. The van der Waals surface area contributed by atoms with E-state index in [1.165, 1.54) is 23.2 Å². The van der Waals surface area contributed by atoms with E-state index in [4.69, 9.17) is 0 Å². The maximum absolute atomic E-state index is 13.5. The molecule has 4 nitrogen and oxygen atoms in total. The molecule has 114 valence electrons. The highest BCUT2D eigenvalue weighted by atomic mass is 19.3. The Labute approximate surface area is 120 Å². The van der Waals surface area contributed by atoms with E-state index in [1.54, 1.807) is 4.90 Å². The van der Waals surface area contributed by atoms with Gasteiger partial charge in [0.1, 0.15) is 0 Å². The van der Waals surface area contributed by atoms with Crippen molar-refractivity contribution in [1.29, 1.82) is 0 Å². The molecule has 0 atom stereocenters. The number of hydrogen-bond acceptors (Lipinski definition) is 3. The highest BCUT2D eigenvalue weighted by Gasteiger charge is 2.41. The lowest BCUT2D eigenvalue weighted by Crippen LogP contribution is -2.56. The number of anilines is 1. The number of piperidine rings is 1. The Morgan fingerprint density at radius 1 is 1.29 bits per heavy atom. The molecule has 21 heavy (non-hydrogen) atoms. The van der Waals surface area contributed by atoms with Crippen molar-refractivity contribution in [2.45, 2.75) is 18.8 Å². The van der Waals surface area contributed by atoms with Gasteiger partial charge < -0.3 is 9.80 Å². The topological polar surface area (TPSA) is 36.4 Å². The maximum Gasteiger partial charge on any atom is 0.251 e. The summed E-state index contributed by atoms with van der Waals surface area (Å²) >= 11 is 0.